The molecule has 1 aromatic carbocycles. The highest BCUT2D eigenvalue weighted by Crippen LogP contribution is 2.11. The zero-order valence-corrected chi connectivity index (χ0v) is 13.9. The average molecular weight is 290 g/mol. The molecule has 0 saturated heterocycles. The maximum Gasteiger partial charge on any atom is 0.226 e. The first-order chi connectivity index (χ1) is 9.88. The minimum Gasteiger partial charge on any atom is -0.399 e. The van der Waals surface area contributed by atoms with Gasteiger partial charge in [0, 0.05) is 18.8 Å². The van der Waals surface area contributed by atoms with Gasteiger partial charge in [-0.05, 0) is 42.4 Å². The molecule has 21 heavy (non-hydrogen) atoms. The van der Waals surface area contributed by atoms with Crippen LogP contribution in [0.5, 0.6) is 0 Å². The standard InChI is InChI=1S/C18H30N2O/c1-14(2)9-11-20(12-10-15(3)4)18(21)13-16-5-7-17(19)8-6-16/h5-8,14-15H,9-13,19H2,1-4H3. The molecular weight excluding hydrogens is 260 g/mol. The average Bonchev–Trinajstić information content (AvgIpc) is 2.40. The second-order valence-corrected chi connectivity index (χ2v) is 6.66. The van der Waals surface area contributed by atoms with Crippen molar-refractivity contribution >= 4 is 11.6 Å². The first kappa shape index (κ1) is 17.5. The molecule has 0 fully saturated rings. The molecule has 0 spiro atoms. The van der Waals surface area contributed by atoms with Crippen molar-refractivity contribution in [1.82, 2.24) is 4.90 Å². The number of nitrogens with two attached hydrogens (primary N) is 1. The summed E-state index contributed by atoms with van der Waals surface area (Å²) < 4.78 is 0. The zero-order chi connectivity index (χ0) is 15.8. The molecule has 0 aliphatic rings. The van der Waals surface area contributed by atoms with Gasteiger partial charge < -0.3 is 10.6 Å². The monoisotopic (exact) mass is 290 g/mol. The molecule has 3 nitrogen and oxygen atoms in total. The maximum atomic E-state index is 12.5. The Morgan fingerprint density at radius 2 is 1.48 bits per heavy atom. The largest absolute Gasteiger partial charge is 0.399 e. The minimum atomic E-state index is 0.223. The SMILES string of the molecule is CC(C)CCN(CCC(C)C)C(=O)Cc1ccc(N)cc1. The van der Waals surface area contributed by atoms with Gasteiger partial charge in [-0.2, -0.15) is 0 Å². The Balaban J connectivity index is 2.62. The summed E-state index contributed by atoms with van der Waals surface area (Å²) in [5.41, 5.74) is 7.46. The molecule has 1 amide bonds. The molecule has 1 aromatic rings. The Kier molecular flexibility index (Phi) is 7.27. The van der Waals surface area contributed by atoms with Crippen molar-refractivity contribution in [2.75, 3.05) is 18.8 Å². The maximum absolute atomic E-state index is 12.5. The molecule has 3 heteroatoms. The lowest BCUT2D eigenvalue weighted by Crippen LogP contribution is -2.35. The van der Waals surface area contributed by atoms with Crippen molar-refractivity contribution in [3.63, 3.8) is 0 Å². The van der Waals surface area contributed by atoms with Gasteiger partial charge in [-0.25, -0.2) is 0 Å². The molecule has 1 rings (SSSR count). The second-order valence-electron chi connectivity index (χ2n) is 6.66. The number of anilines is 1. The van der Waals surface area contributed by atoms with E-state index in [1.807, 2.05) is 29.2 Å². The summed E-state index contributed by atoms with van der Waals surface area (Å²) in [7, 11) is 0. The predicted octanol–water partition coefficient (Wildman–Crippen LogP) is 3.73. The number of amides is 1. The second kappa shape index (κ2) is 8.71. The molecular formula is C18H30N2O. The van der Waals surface area contributed by atoms with Crippen molar-refractivity contribution in [1.29, 1.82) is 0 Å². The van der Waals surface area contributed by atoms with Crippen LogP contribution in [0, 0.1) is 11.8 Å². The molecule has 0 heterocycles. The van der Waals surface area contributed by atoms with Crippen molar-refractivity contribution in [2.45, 2.75) is 47.0 Å². The van der Waals surface area contributed by atoms with E-state index in [-0.39, 0.29) is 5.91 Å². The molecule has 0 unspecified atom stereocenters. The van der Waals surface area contributed by atoms with E-state index in [1.54, 1.807) is 0 Å². The van der Waals surface area contributed by atoms with Crippen molar-refractivity contribution < 1.29 is 4.79 Å². The number of rotatable bonds is 8. The van der Waals surface area contributed by atoms with E-state index >= 15 is 0 Å². The molecule has 0 atom stereocenters. The number of hydrogen-bond donors (Lipinski definition) is 1. The number of nitrogen functional groups attached to an aromatic ring is 1. The molecule has 0 aliphatic heterocycles. The fourth-order valence-corrected chi connectivity index (χ4v) is 2.11. The molecule has 0 bridgehead atoms. The van der Waals surface area contributed by atoms with E-state index in [1.165, 1.54) is 0 Å². The van der Waals surface area contributed by atoms with Gasteiger partial charge in [0.1, 0.15) is 0 Å². The number of nitrogens with zero attached hydrogens (tertiary/aromatic N) is 1. The summed E-state index contributed by atoms with van der Waals surface area (Å²) in [6, 6.07) is 7.59. The van der Waals surface area contributed by atoms with Gasteiger partial charge in [-0.15, -0.1) is 0 Å². The van der Waals surface area contributed by atoms with Gasteiger partial charge in [-0.3, -0.25) is 4.79 Å². The van der Waals surface area contributed by atoms with Crippen molar-refractivity contribution in [2.24, 2.45) is 11.8 Å². The fraction of sp³-hybridized carbons (Fsp3) is 0.611. The summed E-state index contributed by atoms with van der Waals surface area (Å²) in [6.07, 6.45) is 2.59. The van der Waals surface area contributed by atoms with Crippen LogP contribution in [-0.4, -0.2) is 23.9 Å². The third-order valence-corrected chi connectivity index (χ3v) is 3.64. The van der Waals surface area contributed by atoms with Gasteiger partial charge in [0.15, 0.2) is 0 Å². The Bertz CT molecular complexity index is 411. The Hall–Kier alpha value is -1.51. The number of carbonyl (C=O) groups excluding carboxylic acids is 1. The van der Waals surface area contributed by atoms with E-state index < -0.39 is 0 Å². The topological polar surface area (TPSA) is 46.3 Å². The summed E-state index contributed by atoms with van der Waals surface area (Å²) in [5, 5.41) is 0. The summed E-state index contributed by atoms with van der Waals surface area (Å²) >= 11 is 0. The highest BCUT2D eigenvalue weighted by atomic mass is 16.2. The highest BCUT2D eigenvalue weighted by molar-refractivity contribution is 5.78. The first-order valence-corrected chi connectivity index (χ1v) is 8.00. The van der Waals surface area contributed by atoms with E-state index in [9.17, 15) is 4.79 Å². The Morgan fingerprint density at radius 1 is 1.00 bits per heavy atom. The van der Waals surface area contributed by atoms with Crippen LogP contribution >= 0.6 is 0 Å². The van der Waals surface area contributed by atoms with Gasteiger partial charge in [-0.1, -0.05) is 39.8 Å². The summed E-state index contributed by atoms with van der Waals surface area (Å²) in [6.45, 7) is 10.5. The summed E-state index contributed by atoms with van der Waals surface area (Å²) in [5.74, 6) is 1.47. The van der Waals surface area contributed by atoms with E-state index in [4.69, 9.17) is 5.73 Å². The van der Waals surface area contributed by atoms with Crippen LogP contribution in [0.2, 0.25) is 0 Å². The Labute approximate surface area is 129 Å². The van der Waals surface area contributed by atoms with Crippen LogP contribution < -0.4 is 5.73 Å². The van der Waals surface area contributed by atoms with Crippen LogP contribution in [0.3, 0.4) is 0 Å². The van der Waals surface area contributed by atoms with Crippen molar-refractivity contribution in [3.05, 3.63) is 29.8 Å². The van der Waals surface area contributed by atoms with E-state index in [2.05, 4.69) is 27.7 Å². The van der Waals surface area contributed by atoms with Crippen LogP contribution in [0.25, 0.3) is 0 Å². The van der Waals surface area contributed by atoms with Crippen LogP contribution in [0.15, 0.2) is 24.3 Å². The molecule has 0 aromatic heterocycles. The fourth-order valence-electron chi connectivity index (χ4n) is 2.11. The smallest absolute Gasteiger partial charge is 0.226 e. The minimum absolute atomic E-state index is 0.223. The molecule has 118 valence electrons. The lowest BCUT2D eigenvalue weighted by Gasteiger charge is -2.24. The van der Waals surface area contributed by atoms with Gasteiger partial charge in [0.25, 0.3) is 0 Å². The first-order valence-electron chi connectivity index (χ1n) is 8.00. The predicted molar refractivity (Wildman–Crippen MR) is 90.0 cm³/mol. The highest BCUT2D eigenvalue weighted by Gasteiger charge is 2.14. The van der Waals surface area contributed by atoms with Gasteiger partial charge in [0.05, 0.1) is 6.42 Å². The lowest BCUT2D eigenvalue weighted by molar-refractivity contribution is -0.130. The third-order valence-electron chi connectivity index (χ3n) is 3.64. The van der Waals surface area contributed by atoms with E-state index in [0.717, 1.165) is 37.2 Å². The quantitative estimate of drug-likeness (QED) is 0.741. The molecule has 0 radical (unpaired) electrons. The van der Waals surface area contributed by atoms with Gasteiger partial charge >= 0.3 is 0 Å². The number of hydrogen-bond acceptors (Lipinski definition) is 2. The number of carbonyl (C=O) groups is 1. The number of benzene rings is 1. The normalized spacial score (nSPS) is 11.1. The summed E-state index contributed by atoms with van der Waals surface area (Å²) in [4.78, 5) is 14.5. The van der Waals surface area contributed by atoms with Crippen molar-refractivity contribution in [3.8, 4) is 0 Å². The van der Waals surface area contributed by atoms with Crippen LogP contribution in [0.1, 0.15) is 46.1 Å². The van der Waals surface area contributed by atoms with Gasteiger partial charge in [0.2, 0.25) is 5.91 Å². The molecule has 0 saturated carbocycles. The van der Waals surface area contributed by atoms with E-state index in [0.29, 0.717) is 18.3 Å². The lowest BCUT2D eigenvalue weighted by atomic mass is 10.1. The zero-order valence-electron chi connectivity index (χ0n) is 13.9. The third kappa shape index (κ3) is 7.16. The molecule has 2 N–H and O–H groups in total. The molecule has 0 aliphatic carbocycles. The Morgan fingerprint density at radius 3 is 1.90 bits per heavy atom. The van der Waals surface area contributed by atoms with Crippen LogP contribution in [-0.2, 0) is 11.2 Å². The van der Waals surface area contributed by atoms with Crippen LogP contribution in [0.4, 0.5) is 5.69 Å².